The fourth-order valence-electron chi connectivity index (χ4n) is 1.83. The SMILES string of the molecule is COC(=O)c1cc(-c2cc(F)ccc2F)cc([N+](=O)[O-])c1. The molecule has 2 aromatic rings. The van der Waals surface area contributed by atoms with E-state index >= 15 is 0 Å². The molecule has 2 rings (SSSR count). The number of esters is 1. The highest BCUT2D eigenvalue weighted by Gasteiger charge is 2.17. The van der Waals surface area contributed by atoms with E-state index < -0.39 is 28.2 Å². The molecular formula is C14H9F2NO4. The number of carbonyl (C=O) groups is 1. The van der Waals surface area contributed by atoms with Gasteiger partial charge in [-0.3, -0.25) is 10.1 Å². The molecule has 0 fully saturated rings. The number of halogens is 2. The van der Waals surface area contributed by atoms with E-state index in [4.69, 9.17) is 0 Å². The minimum absolute atomic E-state index is 0.0154. The van der Waals surface area contributed by atoms with Crippen LogP contribution in [0.5, 0.6) is 0 Å². The van der Waals surface area contributed by atoms with Crippen molar-refractivity contribution in [2.45, 2.75) is 0 Å². The van der Waals surface area contributed by atoms with Crippen molar-refractivity contribution < 1.29 is 23.2 Å². The Hall–Kier alpha value is -2.83. The average molecular weight is 293 g/mol. The second-order valence-corrected chi connectivity index (χ2v) is 4.14. The molecule has 0 N–H and O–H groups in total. The van der Waals surface area contributed by atoms with Crippen molar-refractivity contribution in [2.75, 3.05) is 7.11 Å². The second kappa shape index (κ2) is 5.66. The molecule has 0 bridgehead atoms. The van der Waals surface area contributed by atoms with Gasteiger partial charge in [0.05, 0.1) is 17.6 Å². The van der Waals surface area contributed by atoms with Crippen LogP contribution in [-0.4, -0.2) is 18.0 Å². The Labute approximate surface area is 117 Å². The summed E-state index contributed by atoms with van der Waals surface area (Å²) < 4.78 is 31.5. The summed E-state index contributed by atoms with van der Waals surface area (Å²) in [5.41, 5.74) is -0.702. The van der Waals surface area contributed by atoms with Crippen LogP contribution in [0.2, 0.25) is 0 Å². The van der Waals surface area contributed by atoms with Crippen LogP contribution in [0.15, 0.2) is 36.4 Å². The van der Waals surface area contributed by atoms with Crippen LogP contribution < -0.4 is 0 Å². The summed E-state index contributed by atoms with van der Waals surface area (Å²) in [6.07, 6.45) is 0. The highest BCUT2D eigenvalue weighted by Crippen LogP contribution is 2.29. The third-order valence-electron chi connectivity index (χ3n) is 2.79. The first-order chi connectivity index (χ1) is 9.92. The van der Waals surface area contributed by atoms with Crippen molar-refractivity contribution >= 4 is 11.7 Å². The maximum atomic E-state index is 13.8. The Bertz CT molecular complexity index is 731. The van der Waals surface area contributed by atoms with E-state index in [9.17, 15) is 23.7 Å². The van der Waals surface area contributed by atoms with Crippen molar-refractivity contribution in [3.63, 3.8) is 0 Å². The van der Waals surface area contributed by atoms with Crippen molar-refractivity contribution in [3.05, 3.63) is 63.7 Å². The zero-order valence-electron chi connectivity index (χ0n) is 10.8. The fourth-order valence-corrected chi connectivity index (χ4v) is 1.83. The summed E-state index contributed by atoms with van der Waals surface area (Å²) in [6.45, 7) is 0. The Kier molecular flexibility index (Phi) is 3.93. The van der Waals surface area contributed by atoms with Gasteiger partial charge in [-0.1, -0.05) is 0 Å². The summed E-state index contributed by atoms with van der Waals surface area (Å²) in [6, 6.07) is 6.00. The fraction of sp³-hybridized carbons (Fsp3) is 0.0714. The molecule has 0 aliphatic heterocycles. The lowest BCUT2D eigenvalue weighted by molar-refractivity contribution is -0.384. The molecule has 5 nitrogen and oxygen atoms in total. The zero-order chi connectivity index (χ0) is 15.6. The molecule has 0 atom stereocenters. The van der Waals surface area contributed by atoms with E-state index in [1.54, 1.807) is 0 Å². The van der Waals surface area contributed by atoms with Crippen molar-refractivity contribution in [3.8, 4) is 11.1 Å². The minimum atomic E-state index is -0.809. The van der Waals surface area contributed by atoms with Gasteiger partial charge in [-0.25, -0.2) is 13.6 Å². The van der Waals surface area contributed by atoms with Crippen LogP contribution in [0.4, 0.5) is 14.5 Å². The third-order valence-corrected chi connectivity index (χ3v) is 2.79. The van der Waals surface area contributed by atoms with Crippen LogP contribution in [0, 0.1) is 21.7 Å². The van der Waals surface area contributed by atoms with Gasteiger partial charge < -0.3 is 4.74 Å². The molecule has 0 saturated heterocycles. The van der Waals surface area contributed by atoms with Gasteiger partial charge in [0.1, 0.15) is 11.6 Å². The molecule has 0 unspecified atom stereocenters. The molecule has 0 heterocycles. The Morgan fingerprint density at radius 1 is 1.19 bits per heavy atom. The number of carbonyl (C=O) groups excluding carboxylic acids is 1. The summed E-state index contributed by atoms with van der Waals surface area (Å²) in [7, 11) is 1.11. The first-order valence-electron chi connectivity index (χ1n) is 5.75. The normalized spacial score (nSPS) is 10.2. The predicted octanol–water partition coefficient (Wildman–Crippen LogP) is 3.33. The van der Waals surface area contributed by atoms with Crippen LogP contribution in [0.3, 0.4) is 0 Å². The number of non-ortho nitro benzene ring substituents is 1. The summed E-state index contributed by atoms with van der Waals surface area (Å²) in [5, 5.41) is 10.9. The highest BCUT2D eigenvalue weighted by atomic mass is 19.1. The molecule has 7 heteroatoms. The van der Waals surface area contributed by atoms with E-state index in [0.29, 0.717) is 0 Å². The molecule has 0 aliphatic rings. The van der Waals surface area contributed by atoms with Gasteiger partial charge >= 0.3 is 5.97 Å². The molecule has 0 amide bonds. The van der Waals surface area contributed by atoms with E-state index in [0.717, 1.165) is 37.4 Å². The van der Waals surface area contributed by atoms with Crippen LogP contribution in [-0.2, 0) is 4.74 Å². The Morgan fingerprint density at radius 3 is 2.52 bits per heavy atom. The molecule has 0 saturated carbocycles. The predicted molar refractivity (Wildman–Crippen MR) is 69.8 cm³/mol. The zero-order valence-corrected chi connectivity index (χ0v) is 10.8. The molecule has 108 valence electrons. The van der Waals surface area contributed by atoms with E-state index in [1.807, 2.05) is 0 Å². The molecule has 21 heavy (non-hydrogen) atoms. The molecule has 0 aliphatic carbocycles. The number of hydrogen-bond acceptors (Lipinski definition) is 4. The number of methoxy groups -OCH3 is 1. The van der Waals surface area contributed by atoms with Crippen molar-refractivity contribution in [1.29, 1.82) is 0 Å². The molecule has 0 radical (unpaired) electrons. The smallest absolute Gasteiger partial charge is 0.338 e. The van der Waals surface area contributed by atoms with Crippen LogP contribution >= 0.6 is 0 Å². The number of benzene rings is 2. The van der Waals surface area contributed by atoms with Gasteiger partial charge in [0.2, 0.25) is 0 Å². The topological polar surface area (TPSA) is 69.4 Å². The van der Waals surface area contributed by atoms with Crippen molar-refractivity contribution in [1.82, 2.24) is 0 Å². The van der Waals surface area contributed by atoms with Crippen LogP contribution in [0.1, 0.15) is 10.4 Å². The third kappa shape index (κ3) is 3.02. The van der Waals surface area contributed by atoms with E-state index in [1.165, 1.54) is 6.07 Å². The summed E-state index contributed by atoms with van der Waals surface area (Å²) in [5.74, 6) is -2.26. The second-order valence-electron chi connectivity index (χ2n) is 4.14. The molecule has 0 aromatic heterocycles. The van der Waals surface area contributed by atoms with Gasteiger partial charge in [0.15, 0.2) is 0 Å². The van der Waals surface area contributed by atoms with E-state index in [2.05, 4.69) is 4.74 Å². The Balaban J connectivity index is 2.67. The highest BCUT2D eigenvalue weighted by molar-refractivity contribution is 5.92. The van der Waals surface area contributed by atoms with Gasteiger partial charge in [0.25, 0.3) is 5.69 Å². The molecular weight excluding hydrogens is 284 g/mol. The number of hydrogen-bond donors (Lipinski definition) is 0. The summed E-state index contributed by atoms with van der Waals surface area (Å²) in [4.78, 5) is 21.7. The minimum Gasteiger partial charge on any atom is -0.465 e. The number of nitro benzene ring substituents is 1. The molecule has 0 spiro atoms. The summed E-state index contributed by atoms with van der Waals surface area (Å²) >= 11 is 0. The van der Waals surface area contributed by atoms with Gasteiger partial charge in [-0.2, -0.15) is 0 Å². The quantitative estimate of drug-likeness (QED) is 0.494. The maximum Gasteiger partial charge on any atom is 0.338 e. The number of rotatable bonds is 3. The van der Waals surface area contributed by atoms with Gasteiger partial charge in [-0.05, 0) is 29.8 Å². The van der Waals surface area contributed by atoms with E-state index in [-0.39, 0.29) is 16.7 Å². The number of ether oxygens (including phenoxy) is 1. The number of nitrogens with zero attached hydrogens (tertiary/aromatic N) is 1. The largest absolute Gasteiger partial charge is 0.465 e. The average Bonchev–Trinajstić information content (AvgIpc) is 2.48. The lowest BCUT2D eigenvalue weighted by Gasteiger charge is -2.06. The number of nitro groups is 1. The van der Waals surface area contributed by atoms with Gasteiger partial charge in [-0.15, -0.1) is 0 Å². The maximum absolute atomic E-state index is 13.8. The van der Waals surface area contributed by atoms with Crippen LogP contribution in [0.25, 0.3) is 11.1 Å². The first kappa shape index (κ1) is 14.6. The lowest BCUT2D eigenvalue weighted by Crippen LogP contribution is -2.03. The van der Waals surface area contributed by atoms with Gasteiger partial charge in [0, 0.05) is 17.7 Å². The monoisotopic (exact) mass is 293 g/mol. The Morgan fingerprint density at radius 2 is 1.90 bits per heavy atom. The van der Waals surface area contributed by atoms with Crippen molar-refractivity contribution in [2.24, 2.45) is 0 Å². The lowest BCUT2D eigenvalue weighted by atomic mass is 10.0. The standard InChI is InChI=1S/C14H9F2NO4/c1-21-14(18)9-4-8(5-11(6-9)17(19)20)12-7-10(15)2-3-13(12)16/h2-7H,1H3. The first-order valence-corrected chi connectivity index (χ1v) is 5.75. The molecule has 2 aromatic carbocycles.